The zero-order valence-corrected chi connectivity index (χ0v) is 6.10. The second-order valence-corrected chi connectivity index (χ2v) is 2.65. The SMILES string of the molecule is OC1NCN(Cl)CN1Cl. The Bertz CT molecular complexity index is 103. The Morgan fingerprint density at radius 1 is 1.56 bits per heavy atom. The molecule has 1 aliphatic heterocycles. The van der Waals surface area contributed by atoms with Gasteiger partial charge in [-0.2, -0.15) is 8.84 Å². The Hall–Kier alpha value is 0.420. The number of nitrogens with one attached hydrogen (secondary N) is 1. The molecule has 0 aliphatic carbocycles. The molecule has 1 aliphatic rings. The summed E-state index contributed by atoms with van der Waals surface area (Å²) in [5.74, 6) is 0. The molecular formula is C3H7Cl2N3O. The van der Waals surface area contributed by atoms with Crippen LogP contribution >= 0.6 is 23.6 Å². The molecule has 0 aromatic carbocycles. The smallest absolute Gasteiger partial charge is 0.178 e. The van der Waals surface area contributed by atoms with Gasteiger partial charge in [0.2, 0.25) is 0 Å². The molecule has 0 radical (unpaired) electrons. The van der Waals surface area contributed by atoms with Gasteiger partial charge in [-0.25, -0.2) is 0 Å². The number of aliphatic hydroxyl groups excluding tert-OH is 1. The fourth-order valence-electron chi connectivity index (χ4n) is 0.554. The summed E-state index contributed by atoms with van der Waals surface area (Å²) in [6.45, 7) is 0.781. The Morgan fingerprint density at radius 2 is 2.22 bits per heavy atom. The van der Waals surface area contributed by atoms with Gasteiger partial charge in [0.15, 0.2) is 6.35 Å². The van der Waals surface area contributed by atoms with Gasteiger partial charge < -0.3 is 5.11 Å². The van der Waals surface area contributed by atoms with Crippen LogP contribution in [0.2, 0.25) is 0 Å². The molecule has 0 spiro atoms. The van der Waals surface area contributed by atoms with E-state index in [0.717, 1.165) is 4.42 Å². The van der Waals surface area contributed by atoms with Gasteiger partial charge in [-0.05, 0) is 23.6 Å². The van der Waals surface area contributed by atoms with E-state index >= 15 is 0 Å². The molecule has 2 N–H and O–H groups in total. The van der Waals surface area contributed by atoms with Crippen LogP contribution in [-0.2, 0) is 0 Å². The van der Waals surface area contributed by atoms with Crippen molar-refractivity contribution >= 4 is 23.6 Å². The van der Waals surface area contributed by atoms with Gasteiger partial charge in [0.1, 0.15) is 0 Å². The van der Waals surface area contributed by atoms with Gasteiger partial charge in [0, 0.05) is 0 Å². The number of nitrogens with zero attached hydrogens (tertiary/aromatic N) is 2. The molecule has 0 aromatic rings. The average Bonchev–Trinajstić information content (AvgIpc) is 1.80. The van der Waals surface area contributed by atoms with Crippen LogP contribution in [0.25, 0.3) is 0 Å². The summed E-state index contributed by atoms with van der Waals surface area (Å²) in [4.78, 5) is 0. The molecule has 9 heavy (non-hydrogen) atoms. The number of rotatable bonds is 0. The summed E-state index contributed by atoms with van der Waals surface area (Å²) in [5.41, 5.74) is 0. The lowest BCUT2D eigenvalue weighted by atomic mass is 10.7. The van der Waals surface area contributed by atoms with E-state index in [-0.39, 0.29) is 0 Å². The maximum absolute atomic E-state index is 8.89. The van der Waals surface area contributed by atoms with E-state index in [1.807, 2.05) is 0 Å². The van der Waals surface area contributed by atoms with Crippen molar-refractivity contribution in [2.24, 2.45) is 0 Å². The highest BCUT2D eigenvalue weighted by molar-refractivity contribution is 6.15. The van der Waals surface area contributed by atoms with Crippen LogP contribution in [0.1, 0.15) is 0 Å². The molecule has 54 valence electrons. The van der Waals surface area contributed by atoms with E-state index in [2.05, 4.69) is 5.32 Å². The lowest BCUT2D eigenvalue weighted by Gasteiger charge is -2.30. The lowest BCUT2D eigenvalue weighted by Crippen LogP contribution is -2.53. The molecule has 6 heteroatoms. The van der Waals surface area contributed by atoms with Crippen molar-refractivity contribution in [2.75, 3.05) is 13.3 Å². The minimum atomic E-state index is -0.790. The van der Waals surface area contributed by atoms with E-state index < -0.39 is 6.35 Å². The average molecular weight is 172 g/mol. The molecule has 0 amide bonds. The van der Waals surface area contributed by atoms with E-state index in [0.29, 0.717) is 13.3 Å². The Morgan fingerprint density at radius 3 is 2.67 bits per heavy atom. The van der Waals surface area contributed by atoms with Crippen molar-refractivity contribution < 1.29 is 5.11 Å². The maximum Gasteiger partial charge on any atom is 0.178 e. The summed E-state index contributed by atoms with van der Waals surface area (Å²) < 4.78 is 2.58. The second kappa shape index (κ2) is 3.01. The third-order valence-electron chi connectivity index (χ3n) is 0.999. The van der Waals surface area contributed by atoms with Gasteiger partial charge in [-0.15, -0.1) is 0 Å². The highest BCUT2D eigenvalue weighted by Crippen LogP contribution is 2.07. The van der Waals surface area contributed by atoms with Crippen LogP contribution in [0.5, 0.6) is 0 Å². The monoisotopic (exact) mass is 171 g/mol. The highest BCUT2D eigenvalue weighted by Gasteiger charge is 2.20. The largest absolute Gasteiger partial charge is 0.364 e. The van der Waals surface area contributed by atoms with E-state index in [9.17, 15) is 0 Å². The summed E-state index contributed by atoms with van der Waals surface area (Å²) in [5, 5.41) is 11.5. The summed E-state index contributed by atoms with van der Waals surface area (Å²) in [6, 6.07) is 0. The number of hydrogen-bond acceptors (Lipinski definition) is 4. The first-order chi connectivity index (χ1) is 4.20. The number of halogens is 2. The summed E-state index contributed by atoms with van der Waals surface area (Å²) in [7, 11) is 0. The van der Waals surface area contributed by atoms with Crippen molar-refractivity contribution in [2.45, 2.75) is 6.35 Å². The summed E-state index contributed by atoms with van der Waals surface area (Å²) in [6.07, 6.45) is -0.790. The third-order valence-corrected chi connectivity index (χ3v) is 1.52. The Labute approximate surface area is 63.2 Å². The van der Waals surface area contributed by atoms with Gasteiger partial charge >= 0.3 is 0 Å². The topological polar surface area (TPSA) is 38.7 Å². The standard InChI is InChI=1S/C3H7Cl2N3O/c4-7-1-6-3(9)8(5)2-7/h3,6,9H,1-2H2. The van der Waals surface area contributed by atoms with Crippen LogP contribution in [0, 0.1) is 0 Å². The summed E-state index contributed by atoms with van der Waals surface area (Å²) >= 11 is 11.0. The quantitative estimate of drug-likeness (QED) is 0.491. The fourth-order valence-corrected chi connectivity index (χ4v) is 0.991. The Balaban J connectivity index is 2.35. The molecule has 1 heterocycles. The molecule has 1 saturated heterocycles. The van der Waals surface area contributed by atoms with Crippen molar-refractivity contribution in [1.82, 2.24) is 14.2 Å². The first-order valence-corrected chi connectivity index (χ1v) is 3.12. The maximum atomic E-state index is 8.89. The zero-order chi connectivity index (χ0) is 6.85. The first-order valence-electron chi connectivity index (χ1n) is 2.45. The predicted octanol–water partition coefficient (Wildman–Crippen LogP) is -0.308. The van der Waals surface area contributed by atoms with Crippen LogP contribution in [0.3, 0.4) is 0 Å². The van der Waals surface area contributed by atoms with Crippen LogP contribution in [0.4, 0.5) is 0 Å². The third kappa shape index (κ3) is 1.93. The van der Waals surface area contributed by atoms with Gasteiger partial charge in [-0.3, -0.25) is 5.32 Å². The fraction of sp³-hybridized carbons (Fsp3) is 1.00. The highest BCUT2D eigenvalue weighted by atomic mass is 35.5. The van der Waals surface area contributed by atoms with Crippen molar-refractivity contribution in [1.29, 1.82) is 0 Å². The molecule has 0 bridgehead atoms. The predicted molar refractivity (Wildman–Crippen MR) is 34.3 cm³/mol. The normalized spacial score (nSPS) is 33.0. The molecule has 0 saturated carbocycles. The van der Waals surface area contributed by atoms with E-state index in [4.69, 9.17) is 28.7 Å². The van der Waals surface area contributed by atoms with Crippen molar-refractivity contribution in [3.63, 3.8) is 0 Å². The van der Waals surface area contributed by atoms with Gasteiger partial charge in [0.25, 0.3) is 0 Å². The van der Waals surface area contributed by atoms with Crippen LogP contribution in [-0.4, -0.2) is 33.6 Å². The number of aliphatic hydroxyl groups is 1. The molecule has 1 rings (SSSR count). The first kappa shape index (κ1) is 7.53. The number of hydrogen-bond donors (Lipinski definition) is 2. The molecule has 1 fully saturated rings. The molecule has 1 unspecified atom stereocenters. The molecule has 4 nitrogen and oxygen atoms in total. The van der Waals surface area contributed by atoms with Crippen LogP contribution < -0.4 is 5.32 Å². The minimum absolute atomic E-state index is 0.345. The van der Waals surface area contributed by atoms with E-state index in [1.165, 1.54) is 4.42 Å². The molecule has 0 aromatic heterocycles. The second-order valence-electron chi connectivity index (χ2n) is 1.74. The zero-order valence-electron chi connectivity index (χ0n) is 4.59. The van der Waals surface area contributed by atoms with Gasteiger partial charge in [0.05, 0.1) is 13.3 Å². The van der Waals surface area contributed by atoms with Crippen LogP contribution in [0.15, 0.2) is 0 Å². The Kier molecular flexibility index (Phi) is 2.51. The lowest BCUT2D eigenvalue weighted by molar-refractivity contribution is -0.0205. The van der Waals surface area contributed by atoms with Crippen molar-refractivity contribution in [3.05, 3.63) is 0 Å². The van der Waals surface area contributed by atoms with Crippen molar-refractivity contribution in [3.8, 4) is 0 Å². The van der Waals surface area contributed by atoms with Gasteiger partial charge in [-0.1, -0.05) is 0 Å². The minimum Gasteiger partial charge on any atom is -0.364 e. The van der Waals surface area contributed by atoms with E-state index in [1.54, 1.807) is 0 Å². The molecule has 1 atom stereocenters. The molecular weight excluding hydrogens is 165 g/mol.